The van der Waals surface area contributed by atoms with E-state index in [0.29, 0.717) is 17.0 Å². The molecule has 4 rings (SSSR count). The Kier molecular flexibility index (Phi) is 5.34. The van der Waals surface area contributed by atoms with Crippen LogP contribution in [0.2, 0.25) is 0 Å². The van der Waals surface area contributed by atoms with E-state index in [1.807, 2.05) is 19.1 Å². The Balaban J connectivity index is 1.65. The average molecular weight is 430 g/mol. The minimum atomic E-state index is -4.50. The van der Waals surface area contributed by atoms with Crippen LogP contribution >= 0.6 is 0 Å². The molecule has 0 aliphatic carbocycles. The van der Waals surface area contributed by atoms with Crippen molar-refractivity contribution in [1.82, 2.24) is 9.78 Å². The second-order valence-corrected chi connectivity index (χ2v) is 7.43. The molecule has 31 heavy (non-hydrogen) atoms. The van der Waals surface area contributed by atoms with Crippen LogP contribution in [-0.2, 0) is 0 Å². The van der Waals surface area contributed by atoms with Gasteiger partial charge in [-0.25, -0.2) is 4.68 Å². The number of aromatic nitrogens is 2. The maximum atomic E-state index is 13.8. The molecule has 6 nitrogen and oxygen atoms in total. The van der Waals surface area contributed by atoms with E-state index in [4.69, 9.17) is 4.74 Å². The molecule has 0 spiro atoms. The number of amides is 1. The monoisotopic (exact) mass is 430 g/mol. The SMILES string of the molecule is COc1ccc(NC(=O)c2cnn3c2NC(c2ccc(C)cc2)CC3C(F)(F)F)cc1. The number of nitrogens with zero attached hydrogens (tertiary/aromatic N) is 2. The predicted molar refractivity (Wildman–Crippen MR) is 110 cm³/mol. The lowest BCUT2D eigenvalue weighted by Crippen LogP contribution is -2.36. The predicted octanol–water partition coefficient (Wildman–Crippen LogP) is 5.11. The molecule has 162 valence electrons. The van der Waals surface area contributed by atoms with Crippen molar-refractivity contribution in [2.45, 2.75) is 31.6 Å². The quantitative estimate of drug-likeness (QED) is 0.603. The van der Waals surface area contributed by atoms with Gasteiger partial charge in [-0.05, 0) is 36.8 Å². The molecule has 2 atom stereocenters. The number of fused-ring (bicyclic) bond motifs is 1. The molecule has 0 saturated heterocycles. The summed E-state index contributed by atoms with van der Waals surface area (Å²) in [5.74, 6) is 0.117. The first-order valence-corrected chi connectivity index (χ1v) is 9.69. The maximum absolute atomic E-state index is 13.8. The van der Waals surface area contributed by atoms with Gasteiger partial charge in [-0.1, -0.05) is 29.8 Å². The van der Waals surface area contributed by atoms with Crippen LogP contribution in [0, 0.1) is 6.92 Å². The second-order valence-electron chi connectivity index (χ2n) is 7.43. The van der Waals surface area contributed by atoms with E-state index in [1.165, 1.54) is 7.11 Å². The van der Waals surface area contributed by atoms with Crippen LogP contribution < -0.4 is 15.4 Å². The first-order valence-electron chi connectivity index (χ1n) is 9.69. The molecule has 1 aliphatic heterocycles. The summed E-state index contributed by atoms with van der Waals surface area (Å²) >= 11 is 0. The molecule has 1 aromatic heterocycles. The summed E-state index contributed by atoms with van der Waals surface area (Å²) in [4.78, 5) is 12.8. The van der Waals surface area contributed by atoms with Gasteiger partial charge in [0.25, 0.3) is 5.91 Å². The molecule has 2 heterocycles. The maximum Gasteiger partial charge on any atom is 0.410 e. The average Bonchev–Trinajstić information content (AvgIpc) is 3.17. The largest absolute Gasteiger partial charge is 0.497 e. The van der Waals surface area contributed by atoms with Gasteiger partial charge in [0.2, 0.25) is 0 Å². The summed E-state index contributed by atoms with van der Waals surface area (Å²) in [6.07, 6.45) is -3.56. The summed E-state index contributed by atoms with van der Waals surface area (Å²) in [5.41, 5.74) is 2.26. The Bertz CT molecular complexity index is 1080. The third-order valence-electron chi connectivity index (χ3n) is 5.31. The zero-order valence-electron chi connectivity index (χ0n) is 16.9. The number of nitrogens with one attached hydrogen (secondary N) is 2. The molecule has 2 aromatic carbocycles. The number of ether oxygens (including phenoxy) is 1. The summed E-state index contributed by atoms with van der Waals surface area (Å²) < 4.78 is 47.3. The fourth-order valence-corrected chi connectivity index (χ4v) is 3.62. The highest BCUT2D eigenvalue weighted by atomic mass is 19.4. The van der Waals surface area contributed by atoms with Gasteiger partial charge in [0.15, 0.2) is 6.04 Å². The molecule has 1 amide bonds. The fourth-order valence-electron chi connectivity index (χ4n) is 3.62. The highest BCUT2D eigenvalue weighted by Crippen LogP contribution is 2.44. The third-order valence-corrected chi connectivity index (χ3v) is 5.31. The topological polar surface area (TPSA) is 68.2 Å². The molecular weight excluding hydrogens is 409 g/mol. The lowest BCUT2D eigenvalue weighted by molar-refractivity contribution is -0.173. The van der Waals surface area contributed by atoms with Crippen molar-refractivity contribution in [3.8, 4) is 5.75 Å². The number of rotatable bonds is 4. The number of alkyl halides is 3. The Labute approximate surface area is 177 Å². The lowest BCUT2D eigenvalue weighted by atomic mass is 9.96. The van der Waals surface area contributed by atoms with Crippen LogP contribution in [0.5, 0.6) is 5.75 Å². The minimum Gasteiger partial charge on any atom is -0.497 e. The van der Waals surface area contributed by atoms with Crippen LogP contribution in [0.3, 0.4) is 0 Å². The number of benzene rings is 2. The van der Waals surface area contributed by atoms with Crippen LogP contribution in [0.25, 0.3) is 0 Å². The molecule has 0 radical (unpaired) electrons. The Morgan fingerprint density at radius 1 is 1.16 bits per heavy atom. The smallest absolute Gasteiger partial charge is 0.410 e. The number of halogens is 3. The van der Waals surface area contributed by atoms with Crippen molar-refractivity contribution in [3.05, 3.63) is 71.4 Å². The number of carbonyl (C=O) groups excluding carboxylic acids is 1. The van der Waals surface area contributed by atoms with Gasteiger partial charge >= 0.3 is 6.18 Å². The van der Waals surface area contributed by atoms with Crippen LogP contribution in [0.4, 0.5) is 24.7 Å². The zero-order valence-corrected chi connectivity index (χ0v) is 16.9. The van der Waals surface area contributed by atoms with Gasteiger partial charge in [-0.3, -0.25) is 4.79 Å². The van der Waals surface area contributed by atoms with Crippen molar-refractivity contribution in [1.29, 1.82) is 0 Å². The van der Waals surface area contributed by atoms with E-state index in [0.717, 1.165) is 16.4 Å². The summed E-state index contributed by atoms with van der Waals surface area (Å²) in [6.45, 7) is 1.91. The van der Waals surface area contributed by atoms with Crippen LogP contribution in [0.1, 0.15) is 40.0 Å². The van der Waals surface area contributed by atoms with Gasteiger partial charge < -0.3 is 15.4 Å². The second kappa shape index (κ2) is 7.98. The third kappa shape index (κ3) is 4.21. The molecular formula is C22H21F3N4O2. The van der Waals surface area contributed by atoms with Crippen molar-refractivity contribution >= 4 is 17.4 Å². The number of aryl methyl sites for hydroxylation is 1. The number of carbonyl (C=O) groups is 1. The van der Waals surface area contributed by atoms with Crippen molar-refractivity contribution in [2.24, 2.45) is 0 Å². The number of hydrogen-bond acceptors (Lipinski definition) is 4. The molecule has 9 heteroatoms. The van der Waals surface area contributed by atoms with E-state index in [-0.39, 0.29) is 17.8 Å². The molecule has 3 aromatic rings. The van der Waals surface area contributed by atoms with E-state index < -0.39 is 24.2 Å². The normalized spacial score (nSPS) is 18.1. The van der Waals surface area contributed by atoms with Crippen molar-refractivity contribution < 1.29 is 22.7 Å². The van der Waals surface area contributed by atoms with Gasteiger partial charge in [0.1, 0.15) is 17.1 Å². The lowest BCUT2D eigenvalue weighted by Gasteiger charge is -2.34. The highest BCUT2D eigenvalue weighted by Gasteiger charge is 2.47. The van der Waals surface area contributed by atoms with E-state index >= 15 is 0 Å². The molecule has 2 unspecified atom stereocenters. The standard InChI is InChI=1S/C22H21F3N4O2/c1-13-3-5-14(6-4-13)18-11-19(22(23,24)25)29-20(28-18)17(12-26-29)21(30)27-15-7-9-16(31-2)10-8-15/h3-10,12,18-19,28H,11H2,1-2H3,(H,27,30). The van der Waals surface area contributed by atoms with Gasteiger partial charge in [0, 0.05) is 12.1 Å². The summed E-state index contributed by atoms with van der Waals surface area (Å²) in [7, 11) is 1.53. The minimum absolute atomic E-state index is 0.0434. The van der Waals surface area contributed by atoms with Crippen LogP contribution in [-0.4, -0.2) is 29.0 Å². The van der Waals surface area contributed by atoms with Crippen molar-refractivity contribution in [3.63, 3.8) is 0 Å². The first-order chi connectivity index (χ1) is 14.8. The number of anilines is 2. The van der Waals surface area contributed by atoms with Gasteiger partial charge in [0.05, 0.1) is 19.3 Å². The van der Waals surface area contributed by atoms with E-state index in [9.17, 15) is 18.0 Å². The Morgan fingerprint density at radius 2 is 1.84 bits per heavy atom. The van der Waals surface area contributed by atoms with E-state index in [1.54, 1.807) is 36.4 Å². The molecule has 0 bridgehead atoms. The molecule has 2 N–H and O–H groups in total. The van der Waals surface area contributed by atoms with Crippen LogP contribution in [0.15, 0.2) is 54.7 Å². The van der Waals surface area contributed by atoms with Gasteiger partial charge in [-0.15, -0.1) is 0 Å². The van der Waals surface area contributed by atoms with Crippen molar-refractivity contribution in [2.75, 3.05) is 17.7 Å². The molecule has 0 saturated carbocycles. The Hall–Kier alpha value is -3.49. The zero-order chi connectivity index (χ0) is 22.2. The molecule has 0 fully saturated rings. The molecule has 1 aliphatic rings. The van der Waals surface area contributed by atoms with E-state index in [2.05, 4.69) is 15.7 Å². The number of methoxy groups -OCH3 is 1. The first kappa shape index (κ1) is 20.8. The number of hydrogen-bond donors (Lipinski definition) is 2. The fraction of sp³-hybridized carbons (Fsp3) is 0.273. The van der Waals surface area contributed by atoms with Gasteiger partial charge in [-0.2, -0.15) is 18.3 Å². The summed E-state index contributed by atoms with van der Waals surface area (Å²) in [6, 6.07) is 11.5. The summed E-state index contributed by atoms with van der Waals surface area (Å²) in [5, 5.41) is 9.67. The highest BCUT2D eigenvalue weighted by molar-refractivity contribution is 6.07. The Morgan fingerprint density at radius 3 is 2.45 bits per heavy atom.